The summed E-state index contributed by atoms with van der Waals surface area (Å²) in [5.74, 6) is 2.46. The van der Waals surface area contributed by atoms with Crippen molar-refractivity contribution in [2.45, 2.75) is 0 Å². The maximum absolute atomic E-state index is 5.72. The highest BCUT2D eigenvalue weighted by Gasteiger charge is 1.99. The Labute approximate surface area is 84.5 Å². The van der Waals surface area contributed by atoms with Crippen LogP contribution in [0.25, 0.3) is 0 Å². The molecule has 1 heterocycles. The molecule has 0 fully saturated rings. The number of rotatable bonds is 2. The zero-order valence-corrected chi connectivity index (χ0v) is 8.48. The minimum Gasteiger partial charge on any atom is -0.372 e. The molecule has 0 aliphatic heterocycles. The molecule has 0 amide bonds. The highest BCUT2D eigenvalue weighted by atomic mass is 79.9. The van der Waals surface area contributed by atoms with Gasteiger partial charge in [-0.1, -0.05) is 17.5 Å². The molecule has 0 aromatic carbocycles. The molecule has 0 aliphatic carbocycles. The monoisotopic (exact) mass is 244 g/mol. The van der Waals surface area contributed by atoms with Crippen LogP contribution in [0.2, 0.25) is 5.02 Å². The van der Waals surface area contributed by atoms with Crippen LogP contribution in [0.5, 0.6) is 0 Å². The van der Waals surface area contributed by atoms with Gasteiger partial charge < -0.3 is 5.32 Å². The molecule has 0 spiro atoms. The third-order valence-corrected chi connectivity index (χ3v) is 2.03. The third kappa shape index (κ3) is 2.40. The zero-order valence-electron chi connectivity index (χ0n) is 6.14. The number of aromatic nitrogens is 1. The van der Waals surface area contributed by atoms with Gasteiger partial charge in [0.25, 0.3) is 0 Å². The van der Waals surface area contributed by atoms with E-state index in [4.69, 9.17) is 18.0 Å². The van der Waals surface area contributed by atoms with Gasteiger partial charge in [0, 0.05) is 6.20 Å². The number of nitrogens with one attached hydrogen (secondary N) is 1. The highest BCUT2D eigenvalue weighted by molar-refractivity contribution is 9.10. The van der Waals surface area contributed by atoms with E-state index in [-0.39, 0.29) is 0 Å². The van der Waals surface area contributed by atoms with E-state index < -0.39 is 0 Å². The van der Waals surface area contributed by atoms with Gasteiger partial charge in [-0.3, -0.25) is 0 Å². The average molecular weight is 246 g/mol. The number of anilines is 1. The summed E-state index contributed by atoms with van der Waals surface area (Å²) in [4.78, 5) is 3.99. The number of nitrogens with zero attached hydrogens (tertiary/aromatic N) is 1. The number of halogens is 2. The predicted octanol–water partition coefficient (Wildman–Crippen LogP) is 2.54. The predicted molar refractivity (Wildman–Crippen MR) is 54.3 cm³/mol. The second-order valence-electron chi connectivity index (χ2n) is 2.05. The molecule has 0 unspecified atom stereocenters. The van der Waals surface area contributed by atoms with Crippen molar-refractivity contribution in [1.29, 1.82) is 0 Å². The fourth-order valence-electron chi connectivity index (χ4n) is 0.693. The molecule has 12 heavy (non-hydrogen) atoms. The molecule has 2 nitrogen and oxygen atoms in total. The first-order valence-corrected chi connectivity index (χ1v) is 4.39. The first-order valence-electron chi connectivity index (χ1n) is 3.22. The normalized spacial score (nSPS) is 9.08. The molecule has 1 rings (SSSR count). The van der Waals surface area contributed by atoms with Gasteiger partial charge in [0.1, 0.15) is 4.60 Å². The molecule has 0 aliphatic rings. The number of terminal acetylenes is 1. The van der Waals surface area contributed by atoms with E-state index in [1.807, 2.05) is 0 Å². The molecule has 1 N–H and O–H groups in total. The van der Waals surface area contributed by atoms with Crippen molar-refractivity contribution in [2.75, 3.05) is 11.9 Å². The Morgan fingerprint density at radius 3 is 3.17 bits per heavy atom. The fourth-order valence-corrected chi connectivity index (χ4v) is 1.21. The van der Waals surface area contributed by atoms with E-state index in [2.05, 4.69) is 32.2 Å². The summed E-state index contributed by atoms with van der Waals surface area (Å²) in [6.07, 6.45) is 6.65. The fraction of sp³-hybridized carbons (Fsp3) is 0.125. The lowest BCUT2D eigenvalue weighted by Crippen LogP contribution is -1.99. The molecule has 0 saturated carbocycles. The van der Waals surface area contributed by atoms with Crippen LogP contribution in [0.15, 0.2) is 16.9 Å². The van der Waals surface area contributed by atoms with Crippen molar-refractivity contribution < 1.29 is 0 Å². The van der Waals surface area contributed by atoms with Crippen molar-refractivity contribution >= 4 is 33.2 Å². The molecular weight excluding hydrogens is 239 g/mol. The summed E-state index contributed by atoms with van der Waals surface area (Å²) < 4.78 is 0.710. The van der Waals surface area contributed by atoms with Gasteiger partial charge in [-0.15, -0.1) is 6.42 Å². The summed E-state index contributed by atoms with van der Waals surface area (Å²) in [6.45, 7) is 0.459. The smallest absolute Gasteiger partial charge is 0.129 e. The van der Waals surface area contributed by atoms with Gasteiger partial charge in [-0.05, 0) is 22.0 Å². The number of pyridine rings is 1. The van der Waals surface area contributed by atoms with Crippen LogP contribution in [0, 0.1) is 12.3 Å². The minimum absolute atomic E-state index is 0.459. The van der Waals surface area contributed by atoms with Crippen LogP contribution >= 0.6 is 27.5 Å². The van der Waals surface area contributed by atoms with E-state index >= 15 is 0 Å². The van der Waals surface area contributed by atoms with Gasteiger partial charge in [0.15, 0.2) is 0 Å². The van der Waals surface area contributed by atoms with Crippen molar-refractivity contribution in [1.82, 2.24) is 4.98 Å². The summed E-state index contributed by atoms with van der Waals surface area (Å²) in [5.41, 5.74) is 0.806. The first kappa shape index (κ1) is 9.37. The van der Waals surface area contributed by atoms with Crippen LogP contribution in [-0.4, -0.2) is 11.5 Å². The lowest BCUT2D eigenvalue weighted by Gasteiger charge is -2.03. The second-order valence-corrected chi connectivity index (χ2v) is 3.24. The largest absolute Gasteiger partial charge is 0.372 e. The SMILES string of the molecule is C#CCNc1cc(Cl)cnc1Br. The standard InChI is InChI=1S/C8H6BrClN2/c1-2-3-11-7-4-6(10)5-12-8(7)9/h1,4-5,11H,3H2. The van der Waals surface area contributed by atoms with E-state index in [0.717, 1.165) is 5.69 Å². The van der Waals surface area contributed by atoms with Crippen LogP contribution in [0.1, 0.15) is 0 Å². The van der Waals surface area contributed by atoms with Crippen molar-refractivity contribution in [3.63, 3.8) is 0 Å². The minimum atomic E-state index is 0.459. The maximum atomic E-state index is 5.72. The van der Waals surface area contributed by atoms with Crippen molar-refractivity contribution in [2.24, 2.45) is 0 Å². The summed E-state index contributed by atoms with van der Waals surface area (Å²) in [7, 11) is 0. The summed E-state index contributed by atoms with van der Waals surface area (Å²) >= 11 is 8.98. The Kier molecular flexibility index (Phi) is 3.39. The Balaban J connectivity index is 2.84. The lowest BCUT2D eigenvalue weighted by molar-refractivity contribution is 1.24. The van der Waals surface area contributed by atoms with Gasteiger partial charge in [-0.2, -0.15) is 0 Å². The summed E-state index contributed by atoms with van der Waals surface area (Å²) in [5, 5.41) is 3.55. The topological polar surface area (TPSA) is 24.9 Å². The molecule has 1 aromatic rings. The Morgan fingerprint density at radius 1 is 1.75 bits per heavy atom. The maximum Gasteiger partial charge on any atom is 0.129 e. The quantitative estimate of drug-likeness (QED) is 0.640. The molecular formula is C8H6BrClN2. The zero-order chi connectivity index (χ0) is 8.97. The highest BCUT2D eigenvalue weighted by Crippen LogP contribution is 2.22. The van der Waals surface area contributed by atoms with Crippen LogP contribution in [0.4, 0.5) is 5.69 Å². The van der Waals surface area contributed by atoms with E-state index in [9.17, 15) is 0 Å². The molecule has 62 valence electrons. The van der Waals surface area contributed by atoms with Gasteiger partial charge in [-0.25, -0.2) is 4.98 Å². The van der Waals surface area contributed by atoms with Crippen LogP contribution < -0.4 is 5.32 Å². The Bertz CT molecular complexity index is 319. The van der Waals surface area contributed by atoms with E-state index in [1.54, 1.807) is 12.3 Å². The first-order chi connectivity index (χ1) is 5.74. The Hall–Kier alpha value is -0.720. The number of hydrogen-bond acceptors (Lipinski definition) is 2. The molecule has 1 aromatic heterocycles. The van der Waals surface area contributed by atoms with Crippen molar-refractivity contribution in [3.05, 3.63) is 21.9 Å². The molecule has 0 atom stereocenters. The van der Waals surface area contributed by atoms with Crippen LogP contribution in [-0.2, 0) is 0 Å². The molecule has 0 bridgehead atoms. The Morgan fingerprint density at radius 2 is 2.50 bits per heavy atom. The van der Waals surface area contributed by atoms with E-state index in [0.29, 0.717) is 16.2 Å². The number of hydrogen-bond donors (Lipinski definition) is 1. The lowest BCUT2D eigenvalue weighted by atomic mass is 10.4. The molecule has 0 saturated heterocycles. The van der Waals surface area contributed by atoms with E-state index in [1.165, 1.54) is 0 Å². The molecule has 0 radical (unpaired) electrons. The third-order valence-electron chi connectivity index (χ3n) is 1.19. The summed E-state index contributed by atoms with van der Waals surface area (Å²) in [6, 6.07) is 1.76. The van der Waals surface area contributed by atoms with Crippen LogP contribution in [0.3, 0.4) is 0 Å². The average Bonchev–Trinajstić information content (AvgIpc) is 2.07. The molecule has 4 heteroatoms. The van der Waals surface area contributed by atoms with Gasteiger partial charge in [0.05, 0.1) is 17.3 Å². The van der Waals surface area contributed by atoms with Gasteiger partial charge >= 0.3 is 0 Å². The van der Waals surface area contributed by atoms with Gasteiger partial charge in [0.2, 0.25) is 0 Å². The second kappa shape index (κ2) is 4.34. The van der Waals surface area contributed by atoms with Crippen molar-refractivity contribution in [3.8, 4) is 12.3 Å².